The van der Waals surface area contributed by atoms with E-state index in [2.05, 4.69) is 48.5 Å². The number of rotatable bonds is 32. The molecule has 82 heavy (non-hydrogen) atoms. The van der Waals surface area contributed by atoms with Crippen LogP contribution in [0.25, 0.3) is 0 Å². The SMILES string of the molecule is COc1cc2c(cc1OC)[C@@H](Cc1cc(OC)c(OC)c(OC)c1)[N+](CCCOC(=O)CC/C=C/CCC(=O)OCCC[N+]1(CC3CC3)CCc3cc(OC)c(OC)cc3[C@H]1Cc1cc(OC)c(OC)c(OC)c1)(CC1CC1)CC2.[Cl-].[Cl-]. The van der Waals surface area contributed by atoms with Gasteiger partial charge in [-0.05, 0) is 109 Å². The van der Waals surface area contributed by atoms with E-state index < -0.39 is 0 Å². The van der Waals surface area contributed by atoms with Crippen molar-refractivity contribution in [1.82, 2.24) is 0 Å². The first-order valence-corrected chi connectivity index (χ1v) is 28.7. The summed E-state index contributed by atoms with van der Waals surface area (Å²) < 4.78 is 71.3. The highest BCUT2D eigenvalue weighted by Gasteiger charge is 2.48. The number of quaternary nitrogens is 2. The molecule has 2 aliphatic heterocycles. The van der Waals surface area contributed by atoms with Crippen LogP contribution in [0.4, 0.5) is 0 Å². The number of methoxy groups -OCH3 is 10. The number of fused-ring (bicyclic) bond motifs is 2. The average Bonchev–Trinajstić information content (AvgIpc) is 4.54. The van der Waals surface area contributed by atoms with Gasteiger partial charge in [0.25, 0.3) is 0 Å². The van der Waals surface area contributed by atoms with E-state index in [1.54, 1.807) is 71.1 Å². The minimum absolute atomic E-state index is 0. The van der Waals surface area contributed by atoms with Crippen LogP contribution in [0.1, 0.15) is 110 Å². The predicted molar refractivity (Wildman–Crippen MR) is 306 cm³/mol. The van der Waals surface area contributed by atoms with Crippen molar-refractivity contribution in [2.45, 2.75) is 102 Å². The van der Waals surface area contributed by atoms with Gasteiger partial charge in [-0.1, -0.05) is 12.2 Å². The molecule has 452 valence electrons. The van der Waals surface area contributed by atoms with Crippen molar-refractivity contribution in [2.24, 2.45) is 11.8 Å². The van der Waals surface area contributed by atoms with E-state index in [4.69, 9.17) is 56.8 Å². The molecule has 2 heterocycles. The van der Waals surface area contributed by atoms with Crippen LogP contribution in [0, 0.1) is 11.8 Å². The van der Waals surface area contributed by atoms with Crippen molar-refractivity contribution in [3.8, 4) is 57.5 Å². The van der Waals surface area contributed by atoms with Crippen LogP contribution < -0.4 is 72.2 Å². The average molecular weight is 1180 g/mol. The molecule has 4 aromatic carbocycles. The Labute approximate surface area is 498 Å². The molecule has 2 saturated carbocycles. The van der Waals surface area contributed by atoms with Gasteiger partial charge >= 0.3 is 11.9 Å². The largest absolute Gasteiger partial charge is 1.00 e. The Morgan fingerprint density at radius 2 is 0.780 bits per heavy atom. The summed E-state index contributed by atoms with van der Waals surface area (Å²) in [5.74, 6) is 7.39. The van der Waals surface area contributed by atoms with Crippen molar-refractivity contribution in [1.29, 1.82) is 0 Å². The molecule has 0 radical (unpaired) electrons. The maximum Gasteiger partial charge on any atom is 0.306 e. The molecule has 0 amide bonds. The third-order valence-electron chi connectivity index (χ3n) is 17.1. The van der Waals surface area contributed by atoms with Gasteiger partial charge < -0.3 is 90.6 Å². The first kappa shape index (κ1) is 65.2. The van der Waals surface area contributed by atoms with E-state index in [0.717, 1.165) is 109 Å². The number of nitrogens with zero attached hydrogens (tertiary/aromatic N) is 2. The fourth-order valence-corrected chi connectivity index (χ4v) is 12.8. The molecule has 0 bridgehead atoms. The van der Waals surface area contributed by atoms with E-state index in [9.17, 15) is 9.59 Å². The number of halogens is 2. The van der Waals surface area contributed by atoms with Crippen LogP contribution in [-0.4, -0.2) is 144 Å². The standard InChI is InChI=1S/C64H88N2O14.2ClH/c1-69-53-37-47-23-27-65(41-43-19-20-43,51(49(47)39-55(53)71-3)31-45-33-57(73-5)63(77-9)58(34-45)74-6)25-15-29-79-61(67)17-13-11-12-14-18-62(68)80-30-16-26-66(42-44-21-22-44)28-24-48-38-54(70-2)56(72-4)40-50(48)52(66)32-46-35-59(75-7)64(78-10)60(36-46)76-8;;/h11-12,33-40,43-44,51-52H,13-32,41-42H2,1-10H3;2*1H/q+2;;/p-2/b12-11+;;/t51-,52-,65?,66?;;/m1../s1. The molecule has 4 aliphatic rings. The molecule has 2 aliphatic carbocycles. The normalized spacial score (nSPS) is 19.7. The van der Waals surface area contributed by atoms with Crippen molar-refractivity contribution in [2.75, 3.05) is 124 Å². The number of ether oxygens (including phenoxy) is 12. The molecule has 2 fully saturated rings. The molecule has 4 aromatic rings. The van der Waals surface area contributed by atoms with Crippen LogP contribution in [0.15, 0.2) is 60.7 Å². The predicted octanol–water partition coefficient (Wildman–Crippen LogP) is 4.60. The number of esters is 2. The van der Waals surface area contributed by atoms with Crippen molar-refractivity contribution >= 4 is 11.9 Å². The molecule has 0 N–H and O–H groups in total. The van der Waals surface area contributed by atoms with E-state index in [-0.39, 0.29) is 61.7 Å². The molecular formula is C64H88Cl2N2O14. The lowest BCUT2D eigenvalue weighted by Crippen LogP contribution is -3.00. The van der Waals surface area contributed by atoms with Gasteiger partial charge in [0.1, 0.15) is 12.1 Å². The first-order valence-electron chi connectivity index (χ1n) is 28.7. The zero-order valence-electron chi connectivity index (χ0n) is 50.0. The van der Waals surface area contributed by atoms with E-state index >= 15 is 0 Å². The highest BCUT2D eigenvalue weighted by molar-refractivity contribution is 5.70. The fourth-order valence-electron chi connectivity index (χ4n) is 12.8. The van der Waals surface area contributed by atoms with Gasteiger partial charge in [0.05, 0.1) is 124 Å². The first-order chi connectivity index (χ1) is 38.9. The molecule has 0 aromatic heterocycles. The second-order valence-corrected chi connectivity index (χ2v) is 22.1. The lowest BCUT2D eigenvalue weighted by atomic mass is 9.85. The quantitative estimate of drug-likeness (QED) is 0.0291. The molecule has 0 saturated heterocycles. The zero-order valence-corrected chi connectivity index (χ0v) is 51.5. The molecule has 0 spiro atoms. The topological polar surface area (TPSA) is 145 Å². The van der Waals surface area contributed by atoms with Crippen LogP contribution in [0.5, 0.6) is 57.5 Å². The van der Waals surface area contributed by atoms with E-state index in [0.29, 0.717) is 83.9 Å². The van der Waals surface area contributed by atoms with E-state index in [1.807, 2.05) is 12.2 Å². The lowest BCUT2D eigenvalue weighted by Gasteiger charge is -2.49. The van der Waals surface area contributed by atoms with Gasteiger partial charge in [0.15, 0.2) is 46.0 Å². The summed E-state index contributed by atoms with van der Waals surface area (Å²) in [6, 6.07) is 17.0. The Hall–Kier alpha value is -5.94. The third-order valence-corrected chi connectivity index (χ3v) is 17.1. The van der Waals surface area contributed by atoms with Gasteiger partial charge in [-0.25, -0.2) is 0 Å². The highest BCUT2D eigenvalue weighted by atomic mass is 35.5. The minimum Gasteiger partial charge on any atom is -1.00 e. The lowest BCUT2D eigenvalue weighted by molar-refractivity contribution is -0.960. The van der Waals surface area contributed by atoms with Crippen LogP contribution >= 0.6 is 0 Å². The Balaban J connectivity index is 0.00000541. The highest BCUT2D eigenvalue weighted by Crippen LogP contribution is 2.50. The van der Waals surface area contributed by atoms with Crippen LogP contribution in [-0.2, 0) is 44.7 Å². The van der Waals surface area contributed by atoms with Crippen molar-refractivity contribution < 1.29 is 100 Å². The Morgan fingerprint density at radius 3 is 1.09 bits per heavy atom. The van der Waals surface area contributed by atoms with Crippen molar-refractivity contribution in [3.63, 3.8) is 0 Å². The number of hydrogen-bond donors (Lipinski definition) is 0. The van der Waals surface area contributed by atoms with E-state index in [1.165, 1.54) is 47.9 Å². The van der Waals surface area contributed by atoms with Gasteiger partial charge in [0.2, 0.25) is 11.5 Å². The number of benzene rings is 4. The Bertz CT molecular complexity index is 2550. The Morgan fingerprint density at radius 1 is 0.451 bits per heavy atom. The molecule has 18 heteroatoms. The molecule has 2 unspecified atom stereocenters. The maximum absolute atomic E-state index is 13.1. The number of carbonyl (C=O) groups is 2. The van der Waals surface area contributed by atoms with Gasteiger partial charge in [-0.3, -0.25) is 9.59 Å². The maximum atomic E-state index is 13.1. The van der Waals surface area contributed by atoms with Crippen molar-refractivity contribution in [3.05, 3.63) is 94.1 Å². The monoisotopic (exact) mass is 1180 g/mol. The van der Waals surface area contributed by atoms with Gasteiger partial charge in [0, 0.05) is 74.3 Å². The number of carbonyl (C=O) groups excluding carboxylic acids is 2. The van der Waals surface area contributed by atoms with Crippen LogP contribution in [0.3, 0.4) is 0 Å². The summed E-state index contributed by atoms with van der Waals surface area (Å²) in [5.41, 5.74) is 7.20. The number of hydrogen-bond acceptors (Lipinski definition) is 14. The third kappa shape index (κ3) is 15.6. The summed E-state index contributed by atoms with van der Waals surface area (Å²) in [5, 5.41) is 0. The van der Waals surface area contributed by atoms with Crippen LogP contribution in [0.2, 0.25) is 0 Å². The molecule has 4 atom stereocenters. The summed E-state index contributed by atoms with van der Waals surface area (Å²) in [7, 11) is 16.6. The second-order valence-electron chi connectivity index (χ2n) is 22.1. The Kier molecular flexibility index (Phi) is 24.3. The minimum atomic E-state index is -0.221. The summed E-state index contributed by atoms with van der Waals surface area (Å²) in [4.78, 5) is 26.2. The van der Waals surface area contributed by atoms with Gasteiger partial charge in [-0.15, -0.1) is 0 Å². The van der Waals surface area contributed by atoms with Gasteiger partial charge in [-0.2, -0.15) is 0 Å². The summed E-state index contributed by atoms with van der Waals surface area (Å²) >= 11 is 0. The number of allylic oxidation sites excluding steroid dienone is 2. The molecule has 8 rings (SSSR count). The smallest absolute Gasteiger partial charge is 0.306 e. The summed E-state index contributed by atoms with van der Waals surface area (Å²) in [6.07, 6.45) is 15.2. The molecule has 16 nitrogen and oxygen atoms in total. The summed E-state index contributed by atoms with van der Waals surface area (Å²) in [6.45, 7) is 6.45. The fraction of sp³-hybridized carbons (Fsp3) is 0.562. The molecular weight excluding hydrogens is 1090 g/mol. The second kappa shape index (κ2) is 30.6. The zero-order chi connectivity index (χ0) is 56.8.